The maximum absolute atomic E-state index is 13.3. The van der Waals surface area contributed by atoms with Crippen LogP contribution in [0, 0.1) is 0 Å². The Bertz CT molecular complexity index is 1290. The first kappa shape index (κ1) is 21.5. The van der Waals surface area contributed by atoms with Crippen molar-refractivity contribution in [1.29, 1.82) is 0 Å². The highest BCUT2D eigenvalue weighted by atomic mass is 32.2. The lowest BCUT2D eigenvalue weighted by molar-refractivity contribution is 0.102. The van der Waals surface area contributed by atoms with E-state index in [1.807, 2.05) is 48.5 Å². The smallest absolute Gasteiger partial charge is 0.264 e. The number of amides is 1. The second-order valence-electron chi connectivity index (χ2n) is 8.09. The molecule has 8 heteroatoms. The number of nitrogens with zero attached hydrogens (tertiary/aromatic N) is 2. The summed E-state index contributed by atoms with van der Waals surface area (Å²) in [7, 11) is -3.77. The van der Waals surface area contributed by atoms with Crippen molar-refractivity contribution in [3.05, 3.63) is 83.9 Å². The van der Waals surface area contributed by atoms with E-state index in [4.69, 9.17) is 4.74 Å². The van der Waals surface area contributed by atoms with E-state index in [1.165, 1.54) is 16.4 Å². The van der Waals surface area contributed by atoms with Gasteiger partial charge in [-0.1, -0.05) is 30.3 Å². The third kappa shape index (κ3) is 4.31. The summed E-state index contributed by atoms with van der Waals surface area (Å²) in [6, 6.07) is 21.4. The Hall–Kier alpha value is -3.36. The molecule has 3 aromatic rings. The van der Waals surface area contributed by atoms with E-state index >= 15 is 0 Å². The predicted octanol–water partition coefficient (Wildman–Crippen LogP) is 3.53. The summed E-state index contributed by atoms with van der Waals surface area (Å²) in [5, 5.41) is 2.90. The molecule has 0 atom stereocenters. The molecule has 7 nitrogen and oxygen atoms in total. The number of ether oxygens (including phenoxy) is 1. The number of para-hydroxylation sites is 1. The van der Waals surface area contributed by atoms with Crippen molar-refractivity contribution in [2.75, 3.05) is 47.4 Å². The molecular formula is C25H25N3O4S. The Balaban J connectivity index is 1.36. The number of morpholine rings is 1. The molecule has 0 radical (unpaired) electrons. The van der Waals surface area contributed by atoms with E-state index in [0.29, 0.717) is 43.1 Å². The molecule has 0 aliphatic carbocycles. The van der Waals surface area contributed by atoms with Crippen LogP contribution in [-0.4, -0.2) is 47.2 Å². The van der Waals surface area contributed by atoms with E-state index in [1.54, 1.807) is 12.1 Å². The second kappa shape index (κ2) is 8.88. The van der Waals surface area contributed by atoms with Crippen LogP contribution in [0.15, 0.2) is 77.7 Å². The van der Waals surface area contributed by atoms with Gasteiger partial charge >= 0.3 is 0 Å². The van der Waals surface area contributed by atoms with Gasteiger partial charge in [-0.05, 0) is 54.4 Å². The molecule has 170 valence electrons. The van der Waals surface area contributed by atoms with Gasteiger partial charge in [-0.25, -0.2) is 8.42 Å². The van der Waals surface area contributed by atoms with Crippen molar-refractivity contribution in [1.82, 2.24) is 0 Å². The van der Waals surface area contributed by atoms with Crippen molar-refractivity contribution in [3.63, 3.8) is 0 Å². The standard InChI is InChI=1S/C25H25N3O4S/c29-25(26-21-7-4-8-22(18-21)27-13-15-32-16-14-27)20-6-3-9-23(17-20)33(30,31)28-12-11-19-5-1-2-10-24(19)28/h1-10,17-18H,11-16H2,(H,26,29). The Kier molecular flexibility index (Phi) is 5.78. The number of fused-ring (bicyclic) bond motifs is 1. The molecule has 1 N–H and O–H groups in total. The minimum Gasteiger partial charge on any atom is -0.378 e. The number of benzene rings is 3. The molecule has 2 aliphatic rings. The highest BCUT2D eigenvalue weighted by molar-refractivity contribution is 7.92. The zero-order chi connectivity index (χ0) is 22.8. The second-order valence-corrected chi connectivity index (χ2v) is 9.95. The van der Waals surface area contributed by atoms with E-state index in [9.17, 15) is 13.2 Å². The molecular weight excluding hydrogens is 438 g/mol. The molecule has 0 aromatic heterocycles. The average molecular weight is 464 g/mol. The van der Waals surface area contributed by atoms with Crippen molar-refractivity contribution in [2.24, 2.45) is 0 Å². The third-order valence-corrected chi connectivity index (χ3v) is 7.82. The summed E-state index contributed by atoms with van der Waals surface area (Å²) in [5.41, 5.74) is 3.67. The number of anilines is 3. The van der Waals surface area contributed by atoms with Gasteiger partial charge in [0.25, 0.3) is 15.9 Å². The summed E-state index contributed by atoms with van der Waals surface area (Å²) in [4.78, 5) is 15.3. The Morgan fingerprint density at radius 2 is 1.67 bits per heavy atom. The van der Waals surface area contributed by atoms with Gasteiger partial charge in [0.05, 0.1) is 23.8 Å². The molecule has 1 amide bonds. The quantitative estimate of drug-likeness (QED) is 0.626. The SMILES string of the molecule is O=C(Nc1cccc(N2CCOCC2)c1)c1cccc(S(=O)(=O)N2CCc3ccccc32)c1. The van der Waals surface area contributed by atoms with Crippen LogP contribution in [-0.2, 0) is 21.2 Å². The fourth-order valence-corrected chi connectivity index (χ4v) is 5.84. The maximum Gasteiger partial charge on any atom is 0.264 e. The molecule has 0 saturated carbocycles. The van der Waals surface area contributed by atoms with Crippen LogP contribution in [0.4, 0.5) is 17.1 Å². The lowest BCUT2D eigenvalue weighted by Gasteiger charge is -2.29. The van der Waals surface area contributed by atoms with Crippen LogP contribution in [0.5, 0.6) is 0 Å². The van der Waals surface area contributed by atoms with Crippen LogP contribution in [0.25, 0.3) is 0 Å². The summed E-state index contributed by atoms with van der Waals surface area (Å²) in [5.74, 6) is -0.354. The number of rotatable bonds is 5. The first-order valence-electron chi connectivity index (χ1n) is 11.0. The van der Waals surface area contributed by atoms with Crippen LogP contribution in [0.1, 0.15) is 15.9 Å². The lowest BCUT2D eigenvalue weighted by Crippen LogP contribution is -2.36. The molecule has 0 spiro atoms. The van der Waals surface area contributed by atoms with Crippen LogP contribution >= 0.6 is 0 Å². The van der Waals surface area contributed by atoms with Crippen molar-refractivity contribution in [3.8, 4) is 0 Å². The highest BCUT2D eigenvalue weighted by Crippen LogP contribution is 2.33. The topological polar surface area (TPSA) is 79.0 Å². The van der Waals surface area contributed by atoms with Crippen LogP contribution in [0.3, 0.4) is 0 Å². The molecule has 3 aromatic carbocycles. The van der Waals surface area contributed by atoms with Gasteiger partial charge in [0, 0.05) is 36.6 Å². The van der Waals surface area contributed by atoms with Gasteiger partial charge in [-0.3, -0.25) is 9.10 Å². The van der Waals surface area contributed by atoms with Gasteiger partial charge in [-0.15, -0.1) is 0 Å². The number of nitrogens with one attached hydrogen (secondary N) is 1. The fourth-order valence-electron chi connectivity index (χ4n) is 4.29. The molecule has 1 fully saturated rings. The Morgan fingerprint density at radius 3 is 2.52 bits per heavy atom. The minimum absolute atomic E-state index is 0.105. The first-order valence-corrected chi connectivity index (χ1v) is 12.4. The van der Waals surface area contributed by atoms with Gasteiger partial charge < -0.3 is 15.0 Å². The van der Waals surface area contributed by atoms with E-state index in [2.05, 4.69) is 10.2 Å². The summed E-state index contributed by atoms with van der Waals surface area (Å²) in [6.07, 6.45) is 0.676. The third-order valence-electron chi connectivity index (χ3n) is 6.01. The number of hydrogen-bond acceptors (Lipinski definition) is 5. The van der Waals surface area contributed by atoms with Gasteiger partial charge in [-0.2, -0.15) is 0 Å². The van der Waals surface area contributed by atoms with E-state index in [0.717, 1.165) is 24.3 Å². The normalized spacial score (nSPS) is 15.9. The van der Waals surface area contributed by atoms with Gasteiger partial charge in [0.15, 0.2) is 0 Å². The molecule has 5 rings (SSSR count). The number of hydrogen-bond donors (Lipinski definition) is 1. The lowest BCUT2D eigenvalue weighted by atomic mass is 10.2. The zero-order valence-electron chi connectivity index (χ0n) is 18.1. The molecule has 2 aliphatic heterocycles. The summed E-state index contributed by atoms with van der Waals surface area (Å²) < 4.78 is 33.5. The molecule has 0 unspecified atom stereocenters. The van der Waals surface area contributed by atoms with Crippen LogP contribution in [0.2, 0.25) is 0 Å². The summed E-state index contributed by atoms with van der Waals surface area (Å²) in [6.45, 7) is 3.36. The number of carbonyl (C=O) groups is 1. The van der Waals surface area contributed by atoms with Gasteiger partial charge in [0.2, 0.25) is 0 Å². The van der Waals surface area contributed by atoms with Crippen molar-refractivity contribution < 1.29 is 17.9 Å². The average Bonchev–Trinajstić information content (AvgIpc) is 3.30. The minimum atomic E-state index is -3.77. The number of sulfonamides is 1. The van der Waals surface area contributed by atoms with Gasteiger partial charge in [0.1, 0.15) is 0 Å². The predicted molar refractivity (Wildman–Crippen MR) is 129 cm³/mol. The largest absolute Gasteiger partial charge is 0.378 e. The van der Waals surface area contributed by atoms with E-state index in [-0.39, 0.29) is 10.8 Å². The summed E-state index contributed by atoms with van der Waals surface area (Å²) >= 11 is 0. The monoisotopic (exact) mass is 463 g/mol. The Labute approximate surface area is 193 Å². The first-order chi connectivity index (χ1) is 16.0. The fraction of sp³-hybridized carbons (Fsp3) is 0.240. The van der Waals surface area contributed by atoms with Crippen LogP contribution < -0.4 is 14.5 Å². The highest BCUT2D eigenvalue weighted by Gasteiger charge is 2.31. The molecule has 0 bridgehead atoms. The number of carbonyl (C=O) groups excluding carboxylic acids is 1. The Morgan fingerprint density at radius 1 is 0.879 bits per heavy atom. The van der Waals surface area contributed by atoms with Crippen molar-refractivity contribution >= 4 is 33.0 Å². The zero-order valence-corrected chi connectivity index (χ0v) is 18.9. The maximum atomic E-state index is 13.3. The van der Waals surface area contributed by atoms with Crippen molar-refractivity contribution in [2.45, 2.75) is 11.3 Å². The molecule has 1 saturated heterocycles. The van der Waals surface area contributed by atoms with E-state index < -0.39 is 10.0 Å². The molecule has 33 heavy (non-hydrogen) atoms. The molecule has 2 heterocycles.